The van der Waals surface area contributed by atoms with Crippen LogP contribution in [0.1, 0.15) is 62.4 Å². The summed E-state index contributed by atoms with van der Waals surface area (Å²) in [6, 6.07) is 14.1. The highest BCUT2D eigenvalue weighted by Crippen LogP contribution is 2.23. The van der Waals surface area contributed by atoms with Gasteiger partial charge in [0.05, 0.1) is 10.6 Å². The van der Waals surface area contributed by atoms with E-state index in [1.165, 1.54) is 17.4 Å². The molecular weight excluding hydrogens is 356 g/mol. The molecule has 3 N–H and O–H groups in total. The van der Waals surface area contributed by atoms with Crippen LogP contribution in [0.4, 0.5) is 0 Å². The summed E-state index contributed by atoms with van der Waals surface area (Å²) in [6.45, 7) is 7.14. The maximum absolute atomic E-state index is 13.1. The van der Waals surface area contributed by atoms with Gasteiger partial charge in [0.15, 0.2) is 5.78 Å². The Morgan fingerprint density at radius 1 is 1.07 bits per heavy atom. The van der Waals surface area contributed by atoms with Gasteiger partial charge < -0.3 is 10.3 Å². The Labute approximate surface area is 163 Å². The van der Waals surface area contributed by atoms with Crippen LogP contribution in [0.25, 0.3) is 0 Å². The molecule has 0 aliphatic heterocycles. The highest BCUT2D eigenvalue weighted by Gasteiger charge is 2.29. The summed E-state index contributed by atoms with van der Waals surface area (Å²) in [5, 5.41) is 4.16. The molecule has 0 saturated carbocycles. The first-order valence-corrected chi connectivity index (χ1v) is 9.95. The summed E-state index contributed by atoms with van der Waals surface area (Å²) in [5.74, 6) is -0.00160. The van der Waals surface area contributed by atoms with Crippen LogP contribution in [-0.4, -0.2) is 22.6 Å². The predicted octanol–water partition coefficient (Wildman–Crippen LogP) is 3.82. The second-order valence-corrected chi connectivity index (χ2v) is 7.91. The number of carbonyl (C=O) groups excluding carboxylic acids is 2. The van der Waals surface area contributed by atoms with E-state index in [1.807, 2.05) is 45.0 Å². The zero-order valence-electron chi connectivity index (χ0n) is 16.1. The van der Waals surface area contributed by atoms with E-state index in [2.05, 4.69) is 33.9 Å². The van der Waals surface area contributed by atoms with Crippen LogP contribution in [0.15, 0.2) is 47.8 Å². The van der Waals surface area contributed by atoms with Crippen LogP contribution in [0.5, 0.6) is 0 Å². The lowest BCUT2D eigenvalue weighted by molar-refractivity contribution is -0.703. The molecule has 0 spiro atoms. The number of aromatic amines is 1. The number of aromatic nitrogens is 1. The van der Waals surface area contributed by atoms with Gasteiger partial charge in [-0.15, -0.1) is 11.3 Å². The maximum atomic E-state index is 13.1. The van der Waals surface area contributed by atoms with E-state index in [0.717, 1.165) is 11.3 Å². The smallest absolute Gasteiger partial charge is 0.235 e. The Hall–Kier alpha value is -2.50. The second-order valence-electron chi connectivity index (χ2n) is 6.93. The molecule has 0 aliphatic carbocycles. The lowest BCUT2D eigenvalue weighted by Crippen LogP contribution is -2.92. The van der Waals surface area contributed by atoms with E-state index in [0.29, 0.717) is 11.3 Å². The molecule has 1 aromatic carbocycles. The summed E-state index contributed by atoms with van der Waals surface area (Å²) in [5.41, 5.74) is 3.84. The van der Waals surface area contributed by atoms with E-state index in [9.17, 15) is 9.59 Å². The zero-order valence-corrected chi connectivity index (χ0v) is 16.9. The highest BCUT2D eigenvalue weighted by molar-refractivity contribution is 7.10. The number of Topliss-reactive ketones (excluding diaryl/α,β-unsaturated/α-hetero) is 2. The van der Waals surface area contributed by atoms with Gasteiger partial charge in [-0.1, -0.05) is 36.4 Å². The Morgan fingerprint density at radius 2 is 1.78 bits per heavy atom. The Bertz CT molecular complexity index is 942. The molecule has 2 atom stereocenters. The first-order chi connectivity index (χ1) is 12.9. The molecule has 0 unspecified atom stereocenters. The van der Waals surface area contributed by atoms with Crippen molar-refractivity contribution in [1.82, 2.24) is 4.98 Å². The average Bonchev–Trinajstić information content (AvgIpc) is 3.27. The van der Waals surface area contributed by atoms with Crippen molar-refractivity contribution in [1.29, 1.82) is 0 Å². The quantitative estimate of drug-likeness (QED) is 0.611. The summed E-state index contributed by atoms with van der Waals surface area (Å²) < 4.78 is 0. The van der Waals surface area contributed by atoms with Crippen LogP contribution in [0.2, 0.25) is 0 Å². The summed E-state index contributed by atoms with van der Waals surface area (Å²) in [7, 11) is 0. The van der Waals surface area contributed by atoms with Crippen molar-refractivity contribution in [2.24, 2.45) is 0 Å². The number of hydrogen-bond donors (Lipinski definition) is 2. The van der Waals surface area contributed by atoms with E-state index < -0.39 is 0 Å². The highest BCUT2D eigenvalue weighted by atomic mass is 32.1. The first-order valence-electron chi connectivity index (χ1n) is 9.07. The molecule has 0 fully saturated rings. The molecule has 3 rings (SSSR count). The fraction of sp³-hybridized carbons (Fsp3) is 0.273. The number of H-pyrrole nitrogens is 1. The Balaban J connectivity index is 1.88. The third kappa shape index (κ3) is 3.94. The van der Waals surface area contributed by atoms with Crippen molar-refractivity contribution in [3.63, 3.8) is 0 Å². The van der Waals surface area contributed by atoms with Gasteiger partial charge in [0, 0.05) is 16.8 Å². The summed E-state index contributed by atoms with van der Waals surface area (Å²) >= 11 is 1.69. The normalized spacial score (nSPS) is 13.3. The molecule has 140 valence electrons. The number of hydrogen-bond acceptors (Lipinski definition) is 3. The first kappa shape index (κ1) is 19.3. The lowest BCUT2D eigenvalue weighted by atomic mass is 10.0. The lowest BCUT2D eigenvalue weighted by Gasteiger charge is -2.19. The topological polar surface area (TPSA) is 66.5 Å². The van der Waals surface area contributed by atoms with Gasteiger partial charge in [-0.3, -0.25) is 9.59 Å². The van der Waals surface area contributed by atoms with E-state index >= 15 is 0 Å². The molecule has 4 nitrogen and oxygen atoms in total. The minimum Gasteiger partial charge on any atom is -0.355 e. The van der Waals surface area contributed by atoms with E-state index in [-0.39, 0.29) is 23.7 Å². The standard InChI is InChI=1S/C22H24N2O2S/c1-13-19(16(4)25)14(2)23-20(13)22(26)15(3)24-21(18-11-8-12-27-18)17-9-6-5-7-10-17/h5-12,15,21,23-24H,1-4H3/p+1/t15-,21+/m1/s1. The number of thiophene rings is 1. The van der Waals surface area contributed by atoms with Gasteiger partial charge >= 0.3 is 0 Å². The van der Waals surface area contributed by atoms with Crippen LogP contribution in [0.3, 0.4) is 0 Å². The van der Waals surface area contributed by atoms with Crippen LogP contribution in [0, 0.1) is 13.8 Å². The monoisotopic (exact) mass is 381 g/mol. The van der Waals surface area contributed by atoms with Gasteiger partial charge in [0.2, 0.25) is 5.78 Å². The molecule has 0 radical (unpaired) electrons. The molecule has 0 aliphatic rings. The molecule has 27 heavy (non-hydrogen) atoms. The third-order valence-corrected chi connectivity index (χ3v) is 5.89. The predicted molar refractivity (Wildman–Crippen MR) is 109 cm³/mol. The fourth-order valence-corrected chi connectivity index (χ4v) is 4.46. The number of rotatable bonds is 7. The van der Waals surface area contributed by atoms with Crippen molar-refractivity contribution in [2.45, 2.75) is 39.8 Å². The van der Waals surface area contributed by atoms with Gasteiger partial charge in [0.25, 0.3) is 0 Å². The fourth-order valence-electron chi connectivity index (χ4n) is 3.63. The largest absolute Gasteiger partial charge is 0.355 e. The summed E-state index contributed by atoms with van der Waals surface area (Å²) in [6.07, 6.45) is 0. The Kier molecular flexibility index (Phi) is 5.73. The number of nitrogens with one attached hydrogen (secondary N) is 1. The second kappa shape index (κ2) is 8.03. The number of benzene rings is 1. The van der Waals surface area contributed by atoms with Crippen molar-refractivity contribution < 1.29 is 14.9 Å². The van der Waals surface area contributed by atoms with E-state index in [1.54, 1.807) is 11.3 Å². The molecule has 5 heteroatoms. The minimum atomic E-state index is -0.283. The number of nitrogens with two attached hydrogens (primary N) is 1. The number of carbonyl (C=O) groups is 2. The zero-order chi connectivity index (χ0) is 19.6. The number of aryl methyl sites for hydroxylation is 1. The maximum Gasteiger partial charge on any atom is 0.235 e. The minimum absolute atomic E-state index is 0.0144. The van der Waals surface area contributed by atoms with E-state index in [4.69, 9.17) is 0 Å². The van der Waals surface area contributed by atoms with Crippen molar-refractivity contribution in [3.8, 4) is 0 Å². The van der Waals surface area contributed by atoms with Gasteiger partial charge in [-0.05, 0) is 44.7 Å². The summed E-state index contributed by atoms with van der Waals surface area (Å²) in [4.78, 5) is 29.3. The molecule has 2 heterocycles. The van der Waals surface area contributed by atoms with Gasteiger partial charge in [-0.2, -0.15) is 0 Å². The third-order valence-electron chi connectivity index (χ3n) is 4.94. The molecule has 3 aromatic rings. The van der Waals surface area contributed by atoms with Crippen molar-refractivity contribution in [3.05, 3.63) is 80.8 Å². The van der Waals surface area contributed by atoms with Crippen LogP contribution in [-0.2, 0) is 0 Å². The molecular formula is C22H25N2O2S+. The average molecular weight is 382 g/mol. The molecule has 2 aromatic heterocycles. The van der Waals surface area contributed by atoms with Gasteiger partial charge in [0.1, 0.15) is 12.1 Å². The number of quaternary nitrogens is 1. The SMILES string of the molecule is CC(=O)c1c(C)[nH]c(C(=O)[C@@H](C)[NH2+][C@@H](c2ccccc2)c2cccs2)c1C. The number of ketones is 2. The van der Waals surface area contributed by atoms with Crippen LogP contribution < -0.4 is 5.32 Å². The van der Waals surface area contributed by atoms with Crippen molar-refractivity contribution >= 4 is 22.9 Å². The van der Waals surface area contributed by atoms with Crippen molar-refractivity contribution in [2.75, 3.05) is 0 Å². The molecule has 0 bridgehead atoms. The molecule has 0 amide bonds. The van der Waals surface area contributed by atoms with Gasteiger partial charge in [-0.25, -0.2) is 0 Å². The van der Waals surface area contributed by atoms with Crippen LogP contribution >= 0.6 is 11.3 Å². The Morgan fingerprint density at radius 3 is 2.33 bits per heavy atom. The molecule has 0 saturated heterocycles.